The van der Waals surface area contributed by atoms with Gasteiger partial charge in [0.05, 0.1) is 96.6 Å². The number of hydrogen-bond donors (Lipinski definition) is 1. The van der Waals surface area contributed by atoms with Crippen LogP contribution in [-0.4, -0.2) is 134 Å². The van der Waals surface area contributed by atoms with Gasteiger partial charge in [-0.1, -0.05) is 137 Å². The molecule has 0 spiro atoms. The van der Waals surface area contributed by atoms with E-state index in [0.29, 0.717) is 38.4 Å². The maximum Gasteiger partial charge on any atom is 0.193 e. The van der Waals surface area contributed by atoms with Crippen LogP contribution in [-0.2, 0) is 58.3 Å². The molecular formula is C65H109IO12SSi2. The van der Waals surface area contributed by atoms with Crippen LogP contribution in [0.2, 0.25) is 36.3 Å². The summed E-state index contributed by atoms with van der Waals surface area (Å²) in [6, 6.07) is 7.28. The summed E-state index contributed by atoms with van der Waals surface area (Å²) in [6.45, 7) is 46.3. The van der Waals surface area contributed by atoms with Gasteiger partial charge >= 0.3 is 0 Å². The molecule has 0 aromatic heterocycles. The Labute approximate surface area is 507 Å². The third-order valence-electron chi connectivity index (χ3n) is 20.8. The molecule has 19 atom stereocenters. The first-order chi connectivity index (χ1) is 37.9. The van der Waals surface area contributed by atoms with Crippen molar-refractivity contribution in [1.82, 2.24) is 0 Å². The molecule has 462 valence electrons. The number of hydrogen-bond acceptors (Lipinski definition) is 12. The van der Waals surface area contributed by atoms with E-state index in [2.05, 4.69) is 151 Å². The molecule has 6 fully saturated rings. The molecule has 0 bridgehead atoms. The summed E-state index contributed by atoms with van der Waals surface area (Å²) in [6.07, 6.45) is 7.10. The highest BCUT2D eigenvalue weighted by Gasteiger charge is 2.57. The summed E-state index contributed by atoms with van der Waals surface area (Å²) in [5.41, 5.74) is 3.19. The molecule has 0 saturated carbocycles. The molecule has 6 saturated heterocycles. The summed E-state index contributed by atoms with van der Waals surface area (Å²) < 4.78 is 95.0. The van der Waals surface area contributed by atoms with Gasteiger partial charge < -0.3 is 47.1 Å². The van der Waals surface area contributed by atoms with Crippen LogP contribution in [0.25, 0.3) is 0 Å². The Kier molecular flexibility index (Phi) is 23.5. The van der Waals surface area contributed by atoms with Crippen molar-refractivity contribution >= 4 is 49.1 Å². The van der Waals surface area contributed by atoms with Crippen LogP contribution in [0.4, 0.5) is 0 Å². The fourth-order valence-electron chi connectivity index (χ4n) is 13.2. The minimum Gasteiger partial charge on any atom is -0.411 e. The first-order valence-corrected chi connectivity index (χ1v) is 40.0. The first-order valence-electron chi connectivity index (χ1n) is 31.4. The van der Waals surface area contributed by atoms with Crippen molar-refractivity contribution in [3.05, 3.63) is 64.3 Å². The standard InChI is InChI=1S/C65H109IO12SSi2/c1-19-40(3)35-55-44(7)59(57(75-55)39-56-43(6)41(4)36-47(73-56)23-28-52-42(5)37-48(72-52)25-30-58-70-33-34-71-58)63(79(68,69)50-26-21-46(20-2)22-27-50)51(67)38-49-24-29-53-60(74-49)45(8)61(78-81(17,18)65(12,13)14)62(76-53)54(31-32-66)77-80(15,16)64(9,10)11/h21-22,26-27,31-32,40-41,44-45,47-49,51-63,67H,5-6,19-20,23-25,28-30,33-39H2,1-4,7-18H3/b32-31+/t40-,41+,44-,45+,47+,48+,49-,51?,52+,53+,54+,55-,56-,57+,59-,60+,61+,62-,63?/m1/s1. The second-order valence-corrected chi connectivity index (χ2v) is 41.0. The molecule has 12 nitrogen and oxygen atoms in total. The molecule has 1 N–H and O–H groups in total. The Bertz CT molecular complexity index is 2350. The second-order valence-electron chi connectivity index (χ2n) is 28.6. The maximum atomic E-state index is 15.8. The Hall–Kier alpha value is -0.846. The predicted molar refractivity (Wildman–Crippen MR) is 339 cm³/mol. The van der Waals surface area contributed by atoms with Crippen molar-refractivity contribution in [2.24, 2.45) is 29.6 Å². The van der Waals surface area contributed by atoms with Gasteiger partial charge in [-0.15, -0.1) is 0 Å². The SMILES string of the molecule is C=C1C[C@H](CCC2OCCO2)O[C@H]1CC[C@H]1C[C@H](C)C(=C)[C@@H](C[C@@H]2O[C@H](C[C@H](C)CC)[C@@H](C)[C@H]2C(C(O)C[C@H]2CC[C@@H]3O[C@H]([C@H](/C=C/I)O[Si](C)(C)C(C)(C)C)[C@@H](O[Si](C)(C)C(C)(C)C)[C@@H](C)[C@@H]3O2)S(=O)(=O)c2ccc(CC)cc2)O1. The van der Waals surface area contributed by atoms with Gasteiger partial charge in [0.1, 0.15) is 6.10 Å². The van der Waals surface area contributed by atoms with Crippen molar-refractivity contribution in [1.29, 1.82) is 0 Å². The minimum atomic E-state index is -4.16. The smallest absolute Gasteiger partial charge is 0.193 e. The quantitative estimate of drug-likeness (QED) is 0.0599. The topological polar surface area (TPSA) is 137 Å². The van der Waals surface area contributed by atoms with E-state index in [1.165, 1.54) is 0 Å². The minimum absolute atomic E-state index is 0.0134. The van der Waals surface area contributed by atoms with E-state index >= 15 is 8.42 Å². The molecule has 7 rings (SSSR count). The molecule has 1 aromatic rings. The molecule has 81 heavy (non-hydrogen) atoms. The number of aliphatic hydroxyl groups excluding tert-OH is 1. The summed E-state index contributed by atoms with van der Waals surface area (Å²) in [4.78, 5) is 0.218. The highest BCUT2D eigenvalue weighted by Crippen LogP contribution is 2.49. The van der Waals surface area contributed by atoms with E-state index in [1.54, 1.807) is 12.1 Å². The second kappa shape index (κ2) is 28.1. The lowest BCUT2D eigenvalue weighted by Crippen LogP contribution is -2.64. The van der Waals surface area contributed by atoms with Gasteiger partial charge in [-0.3, -0.25) is 0 Å². The van der Waals surface area contributed by atoms with E-state index in [0.717, 1.165) is 74.5 Å². The summed E-state index contributed by atoms with van der Waals surface area (Å²) in [5.74, 6) is -0.274. The summed E-state index contributed by atoms with van der Waals surface area (Å²) >= 11 is 2.30. The van der Waals surface area contributed by atoms with Gasteiger partial charge in [-0.05, 0) is 151 Å². The number of aliphatic hydroxyl groups is 1. The van der Waals surface area contributed by atoms with E-state index in [4.69, 9.17) is 42.0 Å². The van der Waals surface area contributed by atoms with Crippen molar-refractivity contribution in [2.75, 3.05) is 13.2 Å². The number of fused-ring (bicyclic) bond motifs is 1. The largest absolute Gasteiger partial charge is 0.411 e. The summed E-state index contributed by atoms with van der Waals surface area (Å²) in [5, 5.41) is 11.9. The van der Waals surface area contributed by atoms with Gasteiger partial charge in [0.15, 0.2) is 32.8 Å². The average molecular weight is 1300 g/mol. The Morgan fingerprint density at radius 3 is 2.05 bits per heavy atom. The monoisotopic (exact) mass is 1300 g/mol. The molecule has 6 heterocycles. The zero-order valence-electron chi connectivity index (χ0n) is 52.8. The molecular weight excluding hydrogens is 1190 g/mol. The van der Waals surface area contributed by atoms with Gasteiger partial charge in [0, 0.05) is 31.1 Å². The average Bonchev–Trinajstić information content (AvgIpc) is 4.37. The maximum absolute atomic E-state index is 15.8. The lowest BCUT2D eigenvalue weighted by Gasteiger charge is -2.54. The third kappa shape index (κ3) is 16.3. The van der Waals surface area contributed by atoms with E-state index in [1.807, 2.05) is 16.2 Å². The molecule has 6 aliphatic heterocycles. The van der Waals surface area contributed by atoms with Gasteiger partial charge in [-0.25, -0.2) is 8.42 Å². The van der Waals surface area contributed by atoms with E-state index in [-0.39, 0.29) is 106 Å². The van der Waals surface area contributed by atoms with Gasteiger partial charge in [0.2, 0.25) is 0 Å². The normalized spacial score (nSPS) is 34.7. The van der Waals surface area contributed by atoms with Crippen LogP contribution in [0.5, 0.6) is 0 Å². The number of benzene rings is 1. The van der Waals surface area contributed by atoms with Crippen LogP contribution in [0, 0.1) is 29.6 Å². The van der Waals surface area contributed by atoms with Crippen LogP contribution in [0.3, 0.4) is 0 Å². The van der Waals surface area contributed by atoms with E-state index < -0.39 is 56.0 Å². The van der Waals surface area contributed by atoms with Crippen LogP contribution >= 0.6 is 22.6 Å². The van der Waals surface area contributed by atoms with Crippen molar-refractivity contribution in [2.45, 2.75) is 299 Å². The Morgan fingerprint density at radius 1 is 0.790 bits per heavy atom. The molecule has 16 heteroatoms. The van der Waals surface area contributed by atoms with Crippen LogP contribution in [0.1, 0.15) is 166 Å². The molecule has 1 aromatic carbocycles. The highest BCUT2D eigenvalue weighted by atomic mass is 127. The zero-order valence-corrected chi connectivity index (χ0v) is 57.7. The molecule has 0 radical (unpaired) electrons. The fraction of sp³-hybridized carbons (Fsp3) is 0.815. The van der Waals surface area contributed by atoms with Crippen LogP contribution < -0.4 is 0 Å². The lowest BCUT2D eigenvalue weighted by molar-refractivity contribution is -0.253. The Balaban J connectivity index is 1.15. The lowest BCUT2D eigenvalue weighted by atomic mass is 9.77. The van der Waals surface area contributed by atoms with E-state index in [9.17, 15) is 5.11 Å². The highest BCUT2D eigenvalue weighted by molar-refractivity contribution is 14.1. The predicted octanol–water partition coefficient (Wildman–Crippen LogP) is 14.7. The van der Waals surface area contributed by atoms with Crippen LogP contribution in [0.15, 0.2) is 63.6 Å². The molecule has 2 unspecified atom stereocenters. The number of rotatable bonds is 24. The van der Waals surface area contributed by atoms with Crippen molar-refractivity contribution < 1.29 is 55.5 Å². The zero-order chi connectivity index (χ0) is 59.6. The van der Waals surface area contributed by atoms with Crippen molar-refractivity contribution in [3.8, 4) is 0 Å². The molecule has 0 aliphatic carbocycles. The number of ether oxygens (including phenoxy) is 7. The third-order valence-corrected chi connectivity index (χ3v) is 32.4. The first kappa shape index (κ1) is 67.7. The number of sulfone groups is 1. The summed E-state index contributed by atoms with van der Waals surface area (Å²) in [7, 11) is -8.79. The van der Waals surface area contributed by atoms with Crippen molar-refractivity contribution in [3.63, 3.8) is 0 Å². The van der Waals surface area contributed by atoms with Gasteiger partial charge in [-0.2, -0.15) is 0 Å². The van der Waals surface area contributed by atoms with Gasteiger partial charge in [0.25, 0.3) is 0 Å². The number of aryl methyl sites for hydroxylation is 1. The number of halogens is 1. The Morgan fingerprint density at radius 2 is 1.43 bits per heavy atom. The fourth-order valence-corrected chi connectivity index (χ4v) is 18.5. The molecule has 0 amide bonds. The molecule has 6 aliphatic rings.